The number of allylic oxidation sites excluding steroid dienone is 6. The maximum absolute atomic E-state index is 5.52. The van der Waals surface area contributed by atoms with E-state index in [1.165, 1.54) is 67.4 Å². The Morgan fingerprint density at radius 1 is 1.04 bits per heavy atom. The molecule has 1 aromatic heterocycles. The third-order valence-corrected chi connectivity index (χ3v) is 11.8. The molecule has 5 rings (SSSR count). The predicted molar refractivity (Wildman–Crippen MR) is 209 cm³/mol. The minimum atomic E-state index is 0.635. The lowest BCUT2D eigenvalue weighted by molar-refractivity contribution is 0.0729. The molecule has 0 nitrogen and oxygen atoms in total. The maximum Gasteiger partial charge on any atom is 0.0267 e. The van der Waals surface area contributed by atoms with Gasteiger partial charge in [0.2, 0.25) is 0 Å². The van der Waals surface area contributed by atoms with Gasteiger partial charge in [0.05, 0.1) is 0 Å². The second-order valence-corrected chi connectivity index (χ2v) is 15.0. The molecule has 3 aliphatic rings. The highest BCUT2D eigenvalue weighted by molar-refractivity contribution is 7.10. The summed E-state index contributed by atoms with van der Waals surface area (Å²) in [4.78, 5) is 1.33. The van der Waals surface area contributed by atoms with E-state index in [1.807, 2.05) is 32.9 Å². The third-order valence-electron chi connectivity index (χ3n) is 10.9. The molecular formula is C45H66S. The number of benzene rings is 1. The summed E-state index contributed by atoms with van der Waals surface area (Å²) in [7, 11) is 0. The average molecular weight is 639 g/mol. The molecule has 0 aliphatic heterocycles. The topological polar surface area (TPSA) is 0 Å². The van der Waals surface area contributed by atoms with Crippen molar-refractivity contribution in [3.8, 4) is 12.3 Å². The lowest BCUT2D eigenvalue weighted by Crippen LogP contribution is -2.38. The standard InChI is InChI=1S/C21H24S.C17H28.C4H8.C3H6/c1-4-8-19-16-18(5-2)12-13-20(19)15-17(3)9-6-10-21-11-7-14-22-21;1-4-14-6-8-16(5-2,11-14)17-9-7-15(12-17)10-13(17)3;1-3-4-2;1-3-2/h2,6-7,10-14,16-17H,4,8-9,15H2,1,3H3;10,14-15H,4-9,11-12H2,1-3H3;3-4H,1-2H3;3H,1H2,2H3/b10-6+;;4-3-;/t;14?,15?,16?,17-;;/m.0../s1. The molecule has 0 radical (unpaired) electrons. The second-order valence-electron chi connectivity index (χ2n) is 14.0. The lowest BCUT2D eigenvalue weighted by Gasteiger charge is -2.47. The second kappa shape index (κ2) is 20.6. The van der Waals surface area contributed by atoms with Gasteiger partial charge in [-0.2, -0.15) is 0 Å². The molecule has 0 saturated heterocycles. The summed E-state index contributed by atoms with van der Waals surface area (Å²) in [6, 6.07) is 10.7. The molecule has 2 fully saturated rings. The fourth-order valence-electron chi connectivity index (χ4n) is 8.35. The number of aryl methyl sites for hydroxylation is 1. The number of hydrogen-bond acceptors (Lipinski definition) is 1. The van der Waals surface area contributed by atoms with E-state index in [0.717, 1.165) is 43.1 Å². The van der Waals surface area contributed by atoms with E-state index in [-0.39, 0.29) is 0 Å². The highest BCUT2D eigenvalue weighted by Crippen LogP contribution is 2.69. The molecule has 2 saturated carbocycles. The van der Waals surface area contributed by atoms with Crippen LogP contribution in [0.25, 0.3) is 6.08 Å². The lowest BCUT2D eigenvalue weighted by atomic mass is 9.57. The molecule has 2 bridgehead atoms. The minimum Gasteiger partial charge on any atom is -0.144 e. The van der Waals surface area contributed by atoms with Crippen LogP contribution in [0.2, 0.25) is 0 Å². The van der Waals surface area contributed by atoms with Crippen molar-refractivity contribution in [2.24, 2.45) is 28.6 Å². The van der Waals surface area contributed by atoms with Crippen LogP contribution in [0, 0.1) is 40.9 Å². The van der Waals surface area contributed by atoms with Crippen LogP contribution in [0.1, 0.15) is 141 Å². The van der Waals surface area contributed by atoms with Crippen LogP contribution in [0.4, 0.5) is 0 Å². The zero-order chi connectivity index (χ0) is 34.0. The fraction of sp³-hybridized carbons (Fsp3) is 0.556. The summed E-state index contributed by atoms with van der Waals surface area (Å²) >= 11 is 1.79. The Hall–Kier alpha value is -2.56. The molecule has 0 spiro atoms. The van der Waals surface area contributed by atoms with Crippen molar-refractivity contribution in [2.75, 3.05) is 0 Å². The van der Waals surface area contributed by atoms with E-state index in [4.69, 9.17) is 6.42 Å². The summed E-state index contributed by atoms with van der Waals surface area (Å²) in [5.74, 6) is 5.36. The Kier molecular flexibility index (Phi) is 17.8. The molecule has 0 N–H and O–H groups in total. The van der Waals surface area contributed by atoms with Gasteiger partial charge in [-0.25, -0.2) is 0 Å². The van der Waals surface area contributed by atoms with Gasteiger partial charge >= 0.3 is 0 Å². The Morgan fingerprint density at radius 2 is 1.78 bits per heavy atom. The predicted octanol–water partition coefficient (Wildman–Crippen LogP) is 14.1. The van der Waals surface area contributed by atoms with E-state index in [1.54, 1.807) is 23.0 Å². The monoisotopic (exact) mass is 638 g/mol. The quantitative estimate of drug-likeness (QED) is 0.179. The largest absolute Gasteiger partial charge is 0.144 e. The number of thiophene rings is 1. The number of fused-ring (bicyclic) bond motifs is 2. The van der Waals surface area contributed by atoms with Crippen molar-refractivity contribution < 1.29 is 0 Å². The summed E-state index contributed by atoms with van der Waals surface area (Å²) in [5.41, 5.74) is 6.96. The van der Waals surface area contributed by atoms with Crippen molar-refractivity contribution in [2.45, 2.75) is 132 Å². The van der Waals surface area contributed by atoms with E-state index in [9.17, 15) is 0 Å². The Labute approximate surface area is 289 Å². The Balaban J connectivity index is 0.000000271. The van der Waals surface area contributed by atoms with E-state index < -0.39 is 0 Å². The maximum atomic E-state index is 5.52. The van der Waals surface area contributed by atoms with Crippen molar-refractivity contribution in [1.29, 1.82) is 0 Å². The number of terminal acetylenes is 1. The highest BCUT2D eigenvalue weighted by atomic mass is 32.1. The van der Waals surface area contributed by atoms with Gasteiger partial charge in [-0.05, 0) is 161 Å². The normalized spacial score (nSPS) is 25.1. The molecule has 252 valence electrons. The van der Waals surface area contributed by atoms with Crippen LogP contribution >= 0.6 is 11.3 Å². The van der Waals surface area contributed by atoms with Crippen LogP contribution in [0.5, 0.6) is 0 Å². The average Bonchev–Trinajstić information content (AvgIpc) is 3.88. The molecule has 2 aromatic rings. The van der Waals surface area contributed by atoms with Crippen molar-refractivity contribution in [3.63, 3.8) is 0 Å². The first-order valence-corrected chi connectivity index (χ1v) is 19.2. The van der Waals surface area contributed by atoms with Crippen molar-refractivity contribution in [3.05, 3.63) is 99.8 Å². The number of rotatable bonds is 10. The molecule has 46 heavy (non-hydrogen) atoms. The summed E-state index contributed by atoms with van der Waals surface area (Å²) in [6.07, 6.45) is 34.8. The Morgan fingerprint density at radius 3 is 2.28 bits per heavy atom. The van der Waals surface area contributed by atoms with Gasteiger partial charge in [-0.15, -0.1) is 24.3 Å². The Bertz CT molecular complexity index is 1280. The molecule has 4 unspecified atom stereocenters. The molecule has 1 aromatic carbocycles. The van der Waals surface area contributed by atoms with Gasteiger partial charge in [-0.3, -0.25) is 0 Å². The summed E-state index contributed by atoms with van der Waals surface area (Å²) in [6.45, 7) is 21.1. The first-order chi connectivity index (χ1) is 22.2. The van der Waals surface area contributed by atoms with Crippen LogP contribution in [0.3, 0.4) is 0 Å². The van der Waals surface area contributed by atoms with Crippen molar-refractivity contribution in [1.82, 2.24) is 0 Å². The van der Waals surface area contributed by atoms with Gasteiger partial charge in [0.15, 0.2) is 0 Å². The number of hydrogen-bond donors (Lipinski definition) is 0. The van der Waals surface area contributed by atoms with Crippen LogP contribution in [-0.2, 0) is 12.8 Å². The first kappa shape index (κ1) is 39.6. The summed E-state index contributed by atoms with van der Waals surface area (Å²) < 4.78 is 0. The van der Waals surface area contributed by atoms with Crippen LogP contribution in [0.15, 0.2) is 78.2 Å². The van der Waals surface area contributed by atoms with Crippen LogP contribution < -0.4 is 0 Å². The van der Waals surface area contributed by atoms with E-state index >= 15 is 0 Å². The third kappa shape index (κ3) is 10.7. The molecule has 3 aliphatic carbocycles. The molecule has 1 heterocycles. The van der Waals surface area contributed by atoms with E-state index in [0.29, 0.717) is 16.7 Å². The van der Waals surface area contributed by atoms with E-state index in [2.05, 4.69) is 101 Å². The molecule has 0 amide bonds. The van der Waals surface area contributed by atoms with Gasteiger partial charge in [0, 0.05) is 10.4 Å². The molecule has 1 heteroatoms. The van der Waals surface area contributed by atoms with Crippen LogP contribution in [-0.4, -0.2) is 0 Å². The summed E-state index contributed by atoms with van der Waals surface area (Å²) in [5, 5.41) is 2.12. The first-order valence-electron chi connectivity index (χ1n) is 18.3. The molecular weight excluding hydrogens is 573 g/mol. The zero-order valence-electron chi connectivity index (χ0n) is 30.8. The van der Waals surface area contributed by atoms with Crippen molar-refractivity contribution >= 4 is 17.4 Å². The smallest absolute Gasteiger partial charge is 0.0267 e. The molecule has 5 atom stereocenters. The van der Waals surface area contributed by atoms with Gasteiger partial charge in [0.1, 0.15) is 0 Å². The van der Waals surface area contributed by atoms with Gasteiger partial charge in [-0.1, -0.05) is 94.5 Å². The zero-order valence-corrected chi connectivity index (χ0v) is 31.7. The highest BCUT2D eigenvalue weighted by Gasteiger charge is 2.58. The minimum absolute atomic E-state index is 0.635. The van der Waals surface area contributed by atoms with Gasteiger partial charge in [0.25, 0.3) is 0 Å². The SMILES string of the molecule is C#Cc1ccc(CC(C)C/C=C/c2cccs2)c(CCC)c1.C/C=C\C.C=CC.CCC1CCC(CC)([C@]23CCC(C=C2C)C3)C1. The fourth-order valence-corrected chi connectivity index (χ4v) is 9.00. The van der Waals surface area contributed by atoms with Gasteiger partial charge < -0.3 is 0 Å².